The van der Waals surface area contributed by atoms with Gasteiger partial charge in [-0.15, -0.1) is 0 Å². The standard InChI is InChI=1S/C26H26F3N3O2/c27-26(28,29)23-7-3-20(4-8-23)18-21-5-9-24(10-6-21)34-25(33)32-16-14-31(15-17-32)13-11-22-2-1-12-30-19-22/h1-10,12,19H,11,13-18H2. The van der Waals surface area contributed by atoms with Crippen molar-refractivity contribution in [2.24, 2.45) is 0 Å². The first kappa shape index (κ1) is 23.8. The van der Waals surface area contributed by atoms with Crippen LogP contribution in [0.5, 0.6) is 5.75 Å². The molecule has 178 valence electrons. The van der Waals surface area contributed by atoms with Crippen LogP contribution in [0.25, 0.3) is 0 Å². The zero-order chi connectivity index (χ0) is 24.0. The van der Waals surface area contributed by atoms with E-state index in [1.54, 1.807) is 23.2 Å². The van der Waals surface area contributed by atoms with Crippen LogP contribution in [0.15, 0.2) is 73.1 Å². The van der Waals surface area contributed by atoms with Crippen molar-refractivity contribution < 1.29 is 22.7 Å². The summed E-state index contributed by atoms with van der Waals surface area (Å²) in [5, 5.41) is 0. The number of amides is 1. The molecule has 2 heterocycles. The van der Waals surface area contributed by atoms with Crippen LogP contribution in [0.4, 0.5) is 18.0 Å². The maximum atomic E-state index is 12.7. The minimum absolute atomic E-state index is 0.373. The molecule has 4 rings (SSSR count). The normalized spacial score (nSPS) is 14.7. The van der Waals surface area contributed by atoms with Gasteiger partial charge in [0, 0.05) is 45.1 Å². The molecule has 1 aliphatic rings. The SMILES string of the molecule is O=C(Oc1ccc(Cc2ccc(C(F)(F)F)cc2)cc1)N1CCN(CCc2cccnc2)CC1. The number of carbonyl (C=O) groups is 1. The van der Waals surface area contributed by atoms with Gasteiger partial charge in [0.05, 0.1) is 5.56 Å². The first-order chi connectivity index (χ1) is 16.4. The van der Waals surface area contributed by atoms with E-state index in [1.807, 2.05) is 24.4 Å². The van der Waals surface area contributed by atoms with Gasteiger partial charge in [-0.25, -0.2) is 4.79 Å². The van der Waals surface area contributed by atoms with Gasteiger partial charge >= 0.3 is 12.3 Å². The number of benzene rings is 2. The Morgan fingerprint density at radius 1 is 0.882 bits per heavy atom. The van der Waals surface area contributed by atoms with Crippen molar-refractivity contribution in [3.8, 4) is 5.75 Å². The highest BCUT2D eigenvalue weighted by atomic mass is 19.4. The predicted molar refractivity (Wildman–Crippen MR) is 123 cm³/mol. The van der Waals surface area contributed by atoms with Gasteiger partial charge in [0.25, 0.3) is 0 Å². The second-order valence-electron chi connectivity index (χ2n) is 8.32. The molecule has 0 aliphatic carbocycles. The van der Waals surface area contributed by atoms with E-state index in [-0.39, 0.29) is 6.09 Å². The molecule has 0 bridgehead atoms. The molecule has 5 nitrogen and oxygen atoms in total. The maximum absolute atomic E-state index is 12.7. The summed E-state index contributed by atoms with van der Waals surface area (Å²) in [6.45, 7) is 3.73. The van der Waals surface area contributed by atoms with Crippen molar-refractivity contribution in [1.29, 1.82) is 0 Å². The maximum Gasteiger partial charge on any atom is 0.416 e. The molecule has 0 spiro atoms. The van der Waals surface area contributed by atoms with Gasteiger partial charge in [0.15, 0.2) is 0 Å². The summed E-state index contributed by atoms with van der Waals surface area (Å²) in [6.07, 6.45) is 0.354. The second-order valence-corrected chi connectivity index (χ2v) is 8.32. The number of halogens is 3. The van der Waals surface area contributed by atoms with Gasteiger partial charge < -0.3 is 9.64 Å². The number of piperazine rings is 1. The molecular weight excluding hydrogens is 443 g/mol. The van der Waals surface area contributed by atoms with Gasteiger partial charge in [-0.05, 0) is 59.9 Å². The number of carbonyl (C=O) groups excluding carboxylic acids is 1. The molecule has 0 unspecified atom stereocenters. The summed E-state index contributed by atoms with van der Waals surface area (Å²) in [5.41, 5.74) is 2.24. The Kier molecular flexibility index (Phi) is 7.47. The quantitative estimate of drug-likeness (QED) is 0.507. The Labute approximate surface area is 196 Å². The fourth-order valence-electron chi connectivity index (χ4n) is 3.88. The summed E-state index contributed by atoms with van der Waals surface area (Å²) in [7, 11) is 0. The third-order valence-corrected chi connectivity index (χ3v) is 5.89. The van der Waals surface area contributed by atoms with Crippen LogP contribution in [-0.4, -0.2) is 53.6 Å². The Bertz CT molecular complexity index is 1060. The van der Waals surface area contributed by atoms with E-state index in [0.29, 0.717) is 25.3 Å². The molecule has 2 aromatic carbocycles. The minimum atomic E-state index is -4.34. The highest BCUT2D eigenvalue weighted by Crippen LogP contribution is 2.29. The number of aromatic nitrogens is 1. The molecular formula is C26H26F3N3O2. The Hall–Kier alpha value is -3.39. The van der Waals surface area contributed by atoms with Crippen LogP contribution in [-0.2, 0) is 19.0 Å². The summed E-state index contributed by atoms with van der Waals surface area (Å²) in [4.78, 5) is 20.7. The van der Waals surface area contributed by atoms with Crippen LogP contribution in [0, 0.1) is 0 Å². The molecule has 1 saturated heterocycles. The Balaban J connectivity index is 1.22. The highest BCUT2D eigenvalue weighted by molar-refractivity contribution is 5.70. The molecule has 1 amide bonds. The smallest absolute Gasteiger partial charge is 0.410 e. The van der Waals surface area contributed by atoms with E-state index in [2.05, 4.69) is 16.0 Å². The number of hydrogen-bond donors (Lipinski definition) is 0. The zero-order valence-corrected chi connectivity index (χ0v) is 18.7. The molecule has 1 aromatic heterocycles. The third-order valence-electron chi connectivity index (χ3n) is 5.89. The number of rotatable bonds is 6. The average molecular weight is 470 g/mol. The van der Waals surface area contributed by atoms with Gasteiger partial charge in [-0.2, -0.15) is 13.2 Å². The van der Waals surface area contributed by atoms with Crippen LogP contribution in [0.1, 0.15) is 22.3 Å². The van der Waals surface area contributed by atoms with E-state index >= 15 is 0 Å². The van der Waals surface area contributed by atoms with Gasteiger partial charge in [0.1, 0.15) is 5.75 Å². The molecule has 0 saturated carbocycles. The lowest BCUT2D eigenvalue weighted by atomic mass is 10.0. The van der Waals surface area contributed by atoms with E-state index in [9.17, 15) is 18.0 Å². The number of nitrogens with zero attached hydrogens (tertiary/aromatic N) is 3. The lowest BCUT2D eigenvalue weighted by Gasteiger charge is -2.34. The second kappa shape index (κ2) is 10.7. The van der Waals surface area contributed by atoms with Gasteiger partial charge in [-0.1, -0.05) is 30.3 Å². The minimum Gasteiger partial charge on any atom is -0.410 e. The lowest BCUT2D eigenvalue weighted by Crippen LogP contribution is -2.49. The van der Waals surface area contributed by atoms with Crippen molar-refractivity contribution >= 4 is 6.09 Å². The van der Waals surface area contributed by atoms with Crippen molar-refractivity contribution in [1.82, 2.24) is 14.8 Å². The zero-order valence-electron chi connectivity index (χ0n) is 18.7. The summed E-state index contributed by atoms with van der Waals surface area (Å²) >= 11 is 0. The van der Waals surface area contributed by atoms with Crippen LogP contribution < -0.4 is 4.74 Å². The van der Waals surface area contributed by atoms with Crippen LogP contribution >= 0.6 is 0 Å². The van der Waals surface area contributed by atoms with E-state index < -0.39 is 11.7 Å². The van der Waals surface area contributed by atoms with Crippen molar-refractivity contribution in [2.45, 2.75) is 19.0 Å². The molecule has 8 heteroatoms. The number of hydrogen-bond acceptors (Lipinski definition) is 4. The van der Waals surface area contributed by atoms with E-state index in [0.717, 1.165) is 49.3 Å². The summed E-state index contributed by atoms with van der Waals surface area (Å²) < 4.78 is 43.6. The van der Waals surface area contributed by atoms with Crippen LogP contribution in [0.2, 0.25) is 0 Å². The fraction of sp³-hybridized carbons (Fsp3) is 0.308. The van der Waals surface area contributed by atoms with Gasteiger partial charge in [-0.3, -0.25) is 9.88 Å². The number of ether oxygens (including phenoxy) is 1. The van der Waals surface area contributed by atoms with Crippen molar-refractivity contribution in [2.75, 3.05) is 32.7 Å². The molecule has 0 radical (unpaired) electrons. The van der Waals surface area contributed by atoms with Crippen molar-refractivity contribution in [3.63, 3.8) is 0 Å². The Morgan fingerprint density at radius 3 is 2.12 bits per heavy atom. The fourth-order valence-corrected chi connectivity index (χ4v) is 3.88. The lowest BCUT2D eigenvalue weighted by molar-refractivity contribution is -0.137. The molecule has 1 fully saturated rings. The van der Waals surface area contributed by atoms with Crippen LogP contribution in [0.3, 0.4) is 0 Å². The summed E-state index contributed by atoms with van der Waals surface area (Å²) in [5.74, 6) is 0.445. The average Bonchev–Trinajstić information content (AvgIpc) is 2.85. The highest BCUT2D eigenvalue weighted by Gasteiger charge is 2.29. The third kappa shape index (κ3) is 6.57. The molecule has 0 N–H and O–H groups in total. The topological polar surface area (TPSA) is 45.7 Å². The monoisotopic (exact) mass is 469 g/mol. The first-order valence-electron chi connectivity index (χ1n) is 11.2. The molecule has 0 atom stereocenters. The van der Waals surface area contributed by atoms with Gasteiger partial charge in [0.2, 0.25) is 0 Å². The number of pyridine rings is 1. The largest absolute Gasteiger partial charge is 0.416 e. The molecule has 3 aromatic rings. The predicted octanol–water partition coefficient (Wildman–Crippen LogP) is 5.05. The van der Waals surface area contributed by atoms with Crippen molar-refractivity contribution in [3.05, 3.63) is 95.3 Å². The van der Waals surface area contributed by atoms with E-state index in [4.69, 9.17) is 4.74 Å². The van der Waals surface area contributed by atoms with E-state index in [1.165, 1.54) is 17.7 Å². The first-order valence-corrected chi connectivity index (χ1v) is 11.2. The molecule has 34 heavy (non-hydrogen) atoms. The number of alkyl halides is 3. The summed E-state index contributed by atoms with van der Waals surface area (Å²) in [6, 6.07) is 16.2. The Morgan fingerprint density at radius 2 is 1.53 bits per heavy atom. The molecule has 1 aliphatic heterocycles.